The number of carbonyl (C=O) groups is 1. The number of alkyl halides is 2. The van der Waals surface area contributed by atoms with Crippen LogP contribution in [0.5, 0.6) is 5.75 Å². The summed E-state index contributed by atoms with van der Waals surface area (Å²) >= 11 is 0. The van der Waals surface area contributed by atoms with Gasteiger partial charge in [0.2, 0.25) is 0 Å². The van der Waals surface area contributed by atoms with E-state index in [0.717, 1.165) is 32.5 Å². The van der Waals surface area contributed by atoms with Crippen LogP contribution in [0, 0.1) is 5.92 Å². The summed E-state index contributed by atoms with van der Waals surface area (Å²) < 4.78 is 30.5. The number of piperidine rings is 1. The fourth-order valence-corrected chi connectivity index (χ4v) is 2.94. The zero-order valence-corrected chi connectivity index (χ0v) is 14.2. The van der Waals surface area contributed by atoms with Gasteiger partial charge in [-0.1, -0.05) is 17.3 Å². The normalized spacial score (nSPS) is 17.3. The maximum absolute atomic E-state index is 12.2. The van der Waals surface area contributed by atoms with Gasteiger partial charge in [-0.25, -0.2) is 0 Å². The number of carbonyl (C=O) groups excluding carboxylic acids is 1. The lowest BCUT2D eigenvalue weighted by Gasteiger charge is -2.22. The van der Waals surface area contributed by atoms with Gasteiger partial charge in [-0.3, -0.25) is 9.48 Å². The first-order valence-corrected chi connectivity index (χ1v) is 8.53. The molecule has 0 saturated carbocycles. The van der Waals surface area contributed by atoms with Gasteiger partial charge in [-0.2, -0.15) is 8.78 Å². The van der Waals surface area contributed by atoms with Crippen LogP contribution in [0.2, 0.25) is 0 Å². The first-order valence-electron chi connectivity index (χ1n) is 8.53. The minimum absolute atomic E-state index is 0.0544. The number of ether oxygens (including phenoxy) is 1. The van der Waals surface area contributed by atoms with E-state index in [9.17, 15) is 13.6 Å². The molecular formula is C17H21F2N5O2. The molecule has 2 heterocycles. The van der Waals surface area contributed by atoms with Crippen LogP contribution < -0.4 is 15.4 Å². The zero-order chi connectivity index (χ0) is 18.4. The Hall–Kier alpha value is -2.55. The molecule has 26 heavy (non-hydrogen) atoms. The average molecular weight is 365 g/mol. The Bertz CT molecular complexity index is 731. The molecule has 0 radical (unpaired) electrons. The predicted octanol–water partition coefficient (Wildman–Crippen LogP) is 1.81. The van der Waals surface area contributed by atoms with E-state index >= 15 is 0 Å². The van der Waals surface area contributed by atoms with E-state index in [1.807, 2.05) is 0 Å². The van der Waals surface area contributed by atoms with Crippen LogP contribution in [0.3, 0.4) is 0 Å². The van der Waals surface area contributed by atoms with Crippen molar-refractivity contribution in [2.45, 2.75) is 32.5 Å². The van der Waals surface area contributed by atoms with Gasteiger partial charge in [-0.15, -0.1) is 5.10 Å². The van der Waals surface area contributed by atoms with E-state index in [1.54, 1.807) is 23.0 Å². The van der Waals surface area contributed by atoms with Crippen molar-refractivity contribution in [1.29, 1.82) is 0 Å². The SMILES string of the molecule is O=C(NCc1cccc(OC(F)F)c1)c1cn(C[C@@H]2CCCNC2)nn1. The Morgan fingerprint density at radius 2 is 2.35 bits per heavy atom. The van der Waals surface area contributed by atoms with Gasteiger partial charge < -0.3 is 15.4 Å². The summed E-state index contributed by atoms with van der Waals surface area (Å²) in [5.41, 5.74) is 0.880. The lowest BCUT2D eigenvalue weighted by atomic mass is 10.00. The van der Waals surface area contributed by atoms with Crippen LogP contribution >= 0.6 is 0 Å². The first kappa shape index (κ1) is 18.2. The molecule has 0 bridgehead atoms. The molecule has 7 nitrogen and oxygen atoms in total. The van der Waals surface area contributed by atoms with Gasteiger partial charge in [0.25, 0.3) is 5.91 Å². The standard InChI is InChI=1S/C17H21F2N5O2/c18-17(19)26-14-5-1-3-12(7-14)9-21-16(25)15-11-24(23-22-15)10-13-4-2-6-20-8-13/h1,3,5,7,11,13,17,20H,2,4,6,8-10H2,(H,21,25)/t13-/m1/s1. The Morgan fingerprint density at radius 3 is 3.12 bits per heavy atom. The second-order valence-electron chi connectivity index (χ2n) is 6.25. The maximum atomic E-state index is 12.2. The smallest absolute Gasteiger partial charge is 0.387 e. The third-order valence-electron chi connectivity index (χ3n) is 4.19. The van der Waals surface area contributed by atoms with Crippen molar-refractivity contribution >= 4 is 5.91 Å². The molecule has 1 atom stereocenters. The van der Waals surface area contributed by atoms with Crippen molar-refractivity contribution in [2.24, 2.45) is 5.92 Å². The van der Waals surface area contributed by atoms with Crippen LogP contribution in [0.4, 0.5) is 8.78 Å². The molecule has 9 heteroatoms. The van der Waals surface area contributed by atoms with Crippen molar-refractivity contribution in [1.82, 2.24) is 25.6 Å². The molecule has 2 aromatic rings. The van der Waals surface area contributed by atoms with Crippen molar-refractivity contribution in [3.05, 3.63) is 41.7 Å². The van der Waals surface area contributed by atoms with Gasteiger partial charge in [0.05, 0.1) is 6.20 Å². The van der Waals surface area contributed by atoms with E-state index in [4.69, 9.17) is 0 Å². The van der Waals surface area contributed by atoms with Crippen molar-refractivity contribution in [3.8, 4) is 5.75 Å². The highest BCUT2D eigenvalue weighted by atomic mass is 19.3. The van der Waals surface area contributed by atoms with Crippen LogP contribution in [0.15, 0.2) is 30.5 Å². The van der Waals surface area contributed by atoms with Crippen molar-refractivity contribution in [3.63, 3.8) is 0 Å². The van der Waals surface area contributed by atoms with Gasteiger partial charge in [0.1, 0.15) is 5.75 Å². The minimum atomic E-state index is -2.88. The summed E-state index contributed by atoms with van der Waals surface area (Å²) in [6.45, 7) is 0.0110. The van der Waals surface area contributed by atoms with Crippen LogP contribution in [0.25, 0.3) is 0 Å². The molecule has 3 rings (SSSR count). The Balaban J connectivity index is 1.52. The first-order chi connectivity index (χ1) is 12.6. The molecule has 1 aliphatic rings. The Morgan fingerprint density at radius 1 is 1.46 bits per heavy atom. The summed E-state index contributed by atoms with van der Waals surface area (Å²) in [5, 5.41) is 14.0. The summed E-state index contributed by atoms with van der Waals surface area (Å²) in [6.07, 6.45) is 3.90. The molecule has 1 fully saturated rings. The number of nitrogens with zero attached hydrogens (tertiary/aromatic N) is 3. The van der Waals surface area contributed by atoms with E-state index in [1.165, 1.54) is 12.1 Å². The molecular weight excluding hydrogens is 344 g/mol. The number of hydrogen-bond donors (Lipinski definition) is 2. The number of halogens is 2. The van der Waals surface area contributed by atoms with Gasteiger partial charge in [-0.05, 0) is 49.5 Å². The van der Waals surface area contributed by atoms with Crippen molar-refractivity contribution < 1.29 is 18.3 Å². The zero-order valence-electron chi connectivity index (χ0n) is 14.2. The summed E-state index contributed by atoms with van der Waals surface area (Å²) in [6, 6.07) is 6.20. The number of amides is 1. The molecule has 0 unspecified atom stereocenters. The minimum Gasteiger partial charge on any atom is -0.435 e. The van der Waals surface area contributed by atoms with E-state index in [0.29, 0.717) is 11.5 Å². The average Bonchev–Trinajstić information content (AvgIpc) is 3.09. The number of nitrogens with one attached hydrogen (secondary N) is 2. The van der Waals surface area contributed by atoms with E-state index < -0.39 is 6.61 Å². The molecule has 1 aliphatic heterocycles. The highest BCUT2D eigenvalue weighted by Gasteiger charge is 2.16. The highest BCUT2D eigenvalue weighted by molar-refractivity contribution is 5.91. The van der Waals surface area contributed by atoms with Gasteiger partial charge in [0.15, 0.2) is 5.69 Å². The lowest BCUT2D eigenvalue weighted by Crippen LogP contribution is -2.32. The molecule has 140 valence electrons. The lowest BCUT2D eigenvalue weighted by molar-refractivity contribution is -0.0498. The molecule has 2 N–H and O–H groups in total. The second-order valence-corrected chi connectivity index (χ2v) is 6.25. The monoisotopic (exact) mass is 365 g/mol. The van der Waals surface area contributed by atoms with Gasteiger partial charge in [0, 0.05) is 13.1 Å². The number of aromatic nitrogens is 3. The molecule has 1 amide bonds. The van der Waals surface area contributed by atoms with Crippen LogP contribution in [-0.2, 0) is 13.1 Å². The van der Waals surface area contributed by atoms with Gasteiger partial charge >= 0.3 is 6.61 Å². The highest BCUT2D eigenvalue weighted by Crippen LogP contribution is 2.16. The molecule has 1 saturated heterocycles. The molecule has 1 aromatic heterocycles. The van der Waals surface area contributed by atoms with Crippen molar-refractivity contribution in [2.75, 3.05) is 13.1 Å². The summed E-state index contributed by atoms with van der Waals surface area (Å²) in [7, 11) is 0. The fraction of sp³-hybridized carbons (Fsp3) is 0.471. The fourth-order valence-electron chi connectivity index (χ4n) is 2.94. The van der Waals surface area contributed by atoms with E-state index in [2.05, 4.69) is 25.7 Å². The Kier molecular flexibility index (Phi) is 6.11. The van der Waals surface area contributed by atoms with E-state index in [-0.39, 0.29) is 23.9 Å². The number of rotatable bonds is 7. The quantitative estimate of drug-likeness (QED) is 0.782. The summed E-state index contributed by atoms with van der Waals surface area (Å²) in [5.74, 6) is 0.177. The third-order valence-corrected chi connectivity index (χ3v) is 4.19. The molecule has 0 spiro atoms. The molecule has 1 aromatic carbocycles. The largest absolute Gasteiger partial charge is 0.435 e. The topological polar surface area (TPSA) is 81.1 Å². The van der Waals surface area contributed by atoms with Crippen LogP contribution in [-0.4, -0.2) is 40.6 Å². The maximum Gasteiger partial charge on any atom is 0.387 e. The summed E-state index contributed by atoms with van der Waals surface area (Å²) in [4.78, 5) is 12.2. The third kappa shape index (κ3) is 5.22. The Labute approximate surface area is 149 Å². The molecule has 0 aliphatic carbocycles. The number of benzene rings is 1. The number of hydrogen-bond acceptors (Lipinski definition) is 5. The second kappa shape index (κ2) is 8.70. The van der Waals surface area contributed by atoms with Crippen LogP contribution in [0.1, 0.15) is 28.9 Å². The predicted molar refractivity (Wildman–Crippen MR) is 89.9 cm³/mol.